The van der Waals surface area contributed by atoms with Gasteiger partial charge in [0.1, 0.15) is 12.1 Å². The molecule has 0 bridgehead atoms. The first kappa shape index (κ1) is 19.1. The van der Waals surface area contributed by atoms with Gasteiger partial charge in [-0.2, -0.15) is 0 Å². The minimum Gasteiger partial charge on any atom is -0.465 e. The summed E-state index contributed by atoms with van der Waals surface area (Å²) in [4.78, 5) is 24.5. The Labute approximate surface area is 173 Å². The average molecular weight is 411 g/mol. The number of ether oxygens (including phenoxy) is 1. The van der Waals surface area contributed by atoms with Gasteiger partial charge < -0.3 is 24.3 Å². The van der Waals surface area contributed by atoms with Gasteiger partial charge in [-0.25, -0.2) is 14.8 Å². The summed E-state index contributed by atoms with van der Waals surface area (Å²) in [5, 5.41) is 4.94. The van der Waals surface area contributed by atoms with Gasteiger partial charge in [0.2, 0.25) is 5.71 Å². The zero-order valence-corrected chi connectivity index (χ0v) is 16.8. The lowest BCUT2D eigenvalue weighted by Crippen LogP contribution is -2.51. The van der Waals surface area contributed by atoms with E-state index in [0.717, 1.165) is 48.1 Å². The molecule has 0 spiro atoms. The van der Waals surface area contributed by atoms with Gasteiger partial charge >= 0.3 is 5.97 Å². The molecule has 2 aromatic heterocycles. The molecule has 0 saturated carbocycles. The van der Waals surface area contributed by atoms with Crippen LogP contribution in [0.25, 0.3) is 11.1 Å². The Morgan fingerprint density at radius 1 is 1.17 bits per heavy atom. The van der Waals surface area contributed by atoms with Crippen LogP contribution in [0.15, 0.2) is 47.3 Å². The van der Waals surface area contributed by atoms with E-state index in [9.17, 15) is 4.79 Å². The molecule has 1 aliphatic rings. The first-order valence-corrected chi connectivity index (χ1v) is 9.69. The second-order valence-electron chi connectivity index (χ2n) is 6.66. The second kappa shape index (κ2) is 8.44. The Morgan fingerprint density at radius 3 is 2.66 bits per heavy atom. The van der Waals surface area contributed by atoms with Crippen molar-refractivity contribution in [2.75, 3.05) is 38.2 Å². The zero-order chi connectivity index (χ0) is 20.2. The molecule has 3 aromatic rings. The third kappa shape index (κ3) is 4.14. The number of nitrogens with one attached hydrogen (secondary N) is 1. The predicted molar refractivity (Wildman–Crippen MR) is 113 cm³/mol. The summed E-state index contributed by atoms with van der Waals surface area (Å²) >= 11 is 5.56. The Bertz CT molecular complexity index is 1010. The van der Waals surface area contributed by atoms with Crippen LogP contribution in [-0.4, -0.2) is 59.2 Å². The van der Waals surface area contributed by atoms with E-state index in [1.54, 1.807) is 18.4 Å². The molecule has 4 rings (SSSR count). The highest BCUT2D eigenvalue weighted by atomic mass is 32.1. The molecule has 1 aliphatic heterocycles. The van der Waals surface area contributed by atoms with Crippen molar-refractivity contribution < 1.29 is 13.9 Å². The zero-order valence-electron chi connectivity index (χ0n) is 16.0. The van der Waals surface area contributed by atoms with Crippen LogP contribution in [0.4, 0.5) is 5.82 Å². The molecule has 3 heterocycles. The maximum absolute atomic E-state index is 11.5. The fourth-order valence-corrected chi connectivity index (χ4v) is 3.57. The van der Waals surface area contributed by atoms with E-state index in [0.29, 0.717) is 17.8 Å². The van der Waals surface area contributed by atoms with E-state index in [1.165, 1.54) is 13.4 Å². The molecule has 1 aromatic carbocycles. The summed E-state index contributed by atoms with van der Waals surface area (Å²) < 4.78 is 10.1. The number of fused-ring (bicyclic) bond motifs is 1. The Morgan fingerprint density at radius 2 is 1.93 bits per heavy atom. The number of carbonyl (C=O) groups is 1. The molecule has 0 radical (unpaired) electrons. The first-order valence-electron chi connectivity index (χ1n) is 9.29. The number of methoxy groups -OCH3 is 1. The van der Waals surface area contributed by atoms with Crippen molar-refractivity contribution in [3.63, 3.8) is 0 Å². The number of thiocarbonyl (C=S) groups is 1. The molecule has 0 atom stereocenters. The number of benzene rings is 1. The van der Waals surface area contributed by atoms with E-state index < -0.39 is 0 Å². The summed E-state index contributed by atoms with van der Waals surface area (Å²) in [7, 11) is 1.37. The fourth-order valence-electron chi connectivity index (χ4n) is 3.32. The maximum Gasteiger partial charge on any atom is 0.337 e. The lowest BCUT2D eigenvalue weighted by molar-refractivity contribution is 0.0600. The lowest BCUT2D eigenvalue weighted by Gasteiger charge is -2.36. The van der Waals surface area contributed by atoms with E-state index >= 15 is 0 Å². The fraction of sp³-hybridized carbons (Fsp3) is 0.300. The quantitative estimate of drug-likeness (QED) is 0.513. The highest BCUT2D eigenvalue weighted by molar-refractivity contribution is 7.80. The van der Waals surface area contributed by atoms with E-state index in [4.69, 9.17) is 21.4 Å². The summed E-state index contributed by atoms with van der Waals surface area (Å²) in [6.07, 6.45) is 3.17. The molecule has 0 aliphatic carbocycles. The number of hydrogen-bond acceptors (Lipinski definition) is 7. The number of esters is 1. The summed E-state index contributed by atoms with van der Waals surface area (Å²) in [5.41, 5.74) is 2.18. The number of hydrogen-bond donors (Lipinski definition) is 1. The predicted octanol–water partition coefficient (Wildman–Crippen LogP) is 2.21. The van der Waals surface area contributed by atoms with Gasteiger partial charge in [-0.15, -0.1) is 0 Å². The molecular formula is C20H21N5O3S. The first-order chi connectivity index (χ1) is 14.2. The number of anilines is 1. The van der Waals surface area contributed by atoms with Crippen LogP contribution in [0, 0.1) is 0 Å². The Hall–Kier alpha value is -3.20. The maximum atomic E-state index is 11.5. The molecule has 1 fully saturated rings. The smallest absolute Gasteiger partial charge is 0.337 e. The minimum absolute atomic E-state index is 0.339. The molecule has 0 unspecified atom stereocenters. The molecule has 0 amide bonds. The average Bonchev–Trinajstić information content (AvgIpc) is 3.26. The van der Waals surface area contributed by atoms with Crippen molar-refractivity contribution in [3.8, 4) is 0 Å². The van der Waals surface area contributed by atoms with Gasteiger partial charge in [0, 0.05) is 32.7 Å². The van der Waals surface area contributed by atoms with Crippen molar-refractivity contribution in [1.82, 2.24) is 20.2 Å². The Kier molecular flexibility index (Phi) is 5.57. The van der Waals surface area contributed by atoms with Gasteiger partial charge in [-0.05, 0) is 36.0 Å². The van der Waals surface area contributed by atoms with Crippen molar-refractivity contribution in [2.24, 2.45) is 0 Å². The summed E-state index contributed by atoms with van der Waals surface area (Å²) in [6, 6.07) is 9.19. The summed E-state index contributed by atoms with van der Waals surface area (Å²) in [6.45, 7) is 3.83. The molecule has 8 nitrogen and oxygen atoms in total. The second-order valence-corrected chi connectivity index (χ2v) is 7.04. The van der Waals surface area contributed by atoms with Crippen molar-refractivity contribution in [1.29, 1.82) is 0 Å². The van der Waals surface area contributed by atoms with Crippen LogP contribution in [0.2, 0.25) is 0 Å². The third-order valence-electron chi connectivity index (χ3n) is 4.93. The number of piperazine rings is 1. The summed E-state index contributed by atoms with van der Waals surface area (Å²) in [5.74, 6) is 0.558. The minimum atomic E-state index is -0.339. The monoisotopic (exact) mass is 411 g/mol. The SMILES string of the molecule is COC(=O)c1ccc(CNC(=S)N2CCN(c3ncnc4occc34)CC2)cc1. The lowest BCUT2D eigenvalue weighted by atomic mass is 10.1. The highest BCUT2D eigenvalue weighted by Gasteiger charge is 2.22. The van der Waals surface area contributed by atoms with Gasteiger partial charge in [0.25, 0.3) is 0 Å². The molecular weight excluding hydrogens is 390 g/mol. The van der Waals surface area contributed by atoms with Crippen LogP contribution >= 0.6 is 12.2 Å². The van der Waals surface area contributed by atoms with Crippen LogP contribution in [0.3, 0.4) is 0 Å². The van der Waals surface area contributed by atoms with Crippen molar-refractivity contribution in [3.05, 3.63) is 54.0 Å². The number of furan rings is 1. The third-order valence-corrected chi connectivity index (χ3v) is 5.33. The van der Waals surface area contributed by atoms with E-state index in [-0.39, 0.29) is 5.97 Å². The van der Waals surface area contributed by atoms with Crippen molar-refractivity contribution in [2.45, 2.75) is 6.54 Å². The van der Waals surface area contributed by atoms with Crippen LogP contribution < -0.4 is 10.2 Å². The number of carbonyl (C=O) groups excluding carboxylic acids is 1. The van der Waals surface area contributed by atoms with Gasteiger partial charge in [0.15, 0.2) is 5.11 Å². The number of rotatable bonds is 4. The highest BCUT2D eigenvalue weighted by Crippen LogP contribution is 2.24. The normalized spacial score (nSPS) is 14.1. The largest absolute Gasteiger partial charge is 0.465 e. The van der Waals surface area contributed by atoms with Crippen LogP contribution in [-0.2, 0) is 11.3 Å². The standard InChI is InChI=1S/C20H21N5O3S/c1-27-19(26)15-4-2-14(3-5-15)12-21-20(29)25-9-7-24(8-10-25)17-16-6-11-28-18(16)23-13-22-17/h2-6,11,13H,7-10,12H2,1H3,(H,21,29). The van der Waals surface area contributed by atoms with Gasteiger partial charge in [-0.3, -0.25) is 0 Å². The number of nitrogens with zero attached hydrogens (tertiary/aromatic N) is 4. The van der Waals surface area contributed by atoms with Crippen molar-refractivity contribution >= 4 is 40.2 Å². The van der Waals surface area contributed by atoms with E-state index in [2.05, 4.69) is 25.1 Å². The Balaban J connectivity index is 1.30. The van der Waals surface area contributed by atoms with Gasteiger partial charge in [0.05, 0.1) is 24.3 Å². The molecule has 9 heteroatoms. The number of aromatic nitrogens is 2. The topological polar surface area (TPSA) is 83.7 Å². The molecule has 1 N–H and O–H groups in total. The van der Waals surface area contributed by atoms with Crippen LogP contribution in [0.5, 0.6) is 0 Å². The van der Waals surface area contributed by atoms with Crippen LogP contribution in [0.1, 0.15) is 15.9 Å². The molecule has 150 valence electrons. The van der Waals surface area contributed by atoms with E-state index in [1.807, 2.05) is 18.2 Å². The molecule has 1 saturated heterocycles. The van der Waals surface area contributed by atoms with Gasteiger partial charge in [-0.1, -0.05) is 12.1 Å². The molecule has 29 heavy (non-hydrogen) atoms.